The predicted octanol–water partition coefficient (Wildman–Crippen LogP) is 2.29. The molecule has 0 atom stereocenters. The number of nitrogens with one attached hydrogen (secondary N) is 1. The van der Waals surface area contributed by atoms with E-state index in [0.29, 0.717) is 17.1 Å². The highest BCUT2D eigenvalue weighted by Crippen LogP contribution is 2.19. The number of aryl methyl sites for hydroxylation is 1. The van der Waals surface area contributed by atoms with Crippen LogP contribution in [0.3, 0.4) is 0 Å². The zero-order valence-electron chi connectivity index (χ0n) is 10.9. The lowest BCUT2D eigenvalue weighted by Gasteiger charge is -2.08. The summed E-state index contributed by atoms with van der Waals surface area (Å²) in [5.74, 6) is 1.34. The molecule has 0 unspecified atom stereocenters. The van der Waals surface area contributed by atoms with Crippen molar-refractivity contribution in [1.29, 1.82) is 0 Å². The number of amides is 1. The van der Waals surface area contributed by atoms with Crippen LogP contribution in [-0.4, -0.2) is 31.1 Å². The first-order valence-electron chi connectivity index (χ1n) is 5.86. The van der Waals surface area contributed by atoms with Crippen LogP contribution >= 0.6 is 11.8 Å². The molecule has 0 heterocycles. The molecule has 4 nitrogen and oxygen atoms in total. The van der Waals surface area contributed by atoms with Gasteiger partial charge in [0, 0.05) is 13.7 Å². The van der Waals surface area contributed by atoms with Crippen LogP contribution in [-0.2, 0) is 9.53 Å². The normalized spacial score (nSPS) is 10.3. The number of ether oxygens (including phenoxy) is 1. The largest absolute Gasteiger partial charge is 0.397 e. The third-order valence-electron chi connectivity index (χ3n) is 2.35. The van der Waals surface area contributed by atoms with Gasteiger partial charge in [0.05, 0.1) is 17.1 Å². The molecule has 1 aromatic rings. The highest BCUT2D eigenvalue weighted by atomic mass is 32.2. The number of nitrogen functional groups attached to an aromatic ring is 1. The molecular formula is C13H20N2O2S. The third kappa shape index (κ3) is 5.42. The number of benzene rings is 1. The van der Waals surface area contributed by atoms with Crippen LogP contribution < -0.4 is 11.1 Å². The van der Waals surface area contributed by atoms with E-state index in [2.05, 4.69) is 5.32 Å². The fraction of sp³-hybridized carbons (Fsp3) is 0.462. The number of carbonyl (C=O) groups is 1. The van der Waals surface area contributed by atoms with E-state index in [0.717, 1.165) is 24.3 Å². The molecule has 5 heteroatoms. The van der Waals surface area contributed by atoms with Gasteiger partial charge in [0.1, 0.15) is 0 Å². The first-order valence-corrected chi connectivity index (χ1v) is 7.01. The van der Waals surface area contributed by atoms with Gasteiger partial charge in [-0.15, -0.1) is 0 Å². The maximum atomic E-state index is 11.7. The van der Waals surface area contributed by atoms with Crippen molar-refractivity contribution in [3.63, 3.8) is 0 Å². The molecule has 0 saturated carbocycles. The molecule has 0 aliphatic rings. The third-order valence-corrected chi connectivity index (χ3v) is 3.40. The minimum absolute atomic E-state index is 0.0204. The lowest BCUT2D eigenvalue weighted by Crippen LogP contribution is -2.15. The molecule has 0 aromatic heterocycles. The molecule has 100 valence electrons. The Labute approximate surface area is 112 Å². The summed E-state index contributed by atoms with van der Waals surface area (Å²) in [6.07, 6.45) is 0.959. The minimum Gasteiger partial charge on any atom is -0.397 e. The fourth-order valence-electron chi connectivity index (χ4n) is 1.45. The summed E-state index contributed by atoms with van der Waals surface area (Å²) in [5.41, 5.74) is 8.20. The van der Waals surface area contributed by atoms with Crippen molar-refractivity contribution < 1.29 is 9.53 Å². The number of nitrogens with two attached hydrogens (primary N) is 1. The Kier molecular flexibility index (Phi) is 6.60. The van der Waals surface area contributed by atoms with E-state index in [1.165, 1.54) is 0 Å². The van der Waals surface area contributed by atoms with Gasteiger partial charge >= 0.3 is 0 Å². The number of anilines is 2. The number of rotatable bonds is 7. The van der Waals surface area contributed by atoms with E-state index in [9.17, 15) is 4.79 Å². The molecule has 0 aliphatic carbocycles. The van der Waals surface area contributed by atoms with E-state index in [1.54, 1.807) is 18.9 Å². The van der Waals surface area contributed by atoms with E-state index in [1.807, 2.05) is 25.1 Å². The SMILES string of the molecule is COCCCSCC(=O)Nc1ccc(C)cc1N. The standard InChI is InChI=1S/C13H20N2O2S/c1-10-4-5-12(11(14)8-10)15-13(16)9-18-7-3-6-17-2/h4-5,8H,3,6-7,9,14H2,1-2H3,(H,15,16). The van der Waals surface area contributed by atoms with Crippen molar-refractivity contribution in [2.75, 3.05) is 36.3 Å². The van der Waals surface area contributed by atoms with Crippen molar-refractivity contribution in [3.8, 4) is 0 Å². The van der Waals surface area contributed by atoms with E-state index >= 15 is 0 Å². The Bertz CT molecular complexity index is 397. The Hall–Kier alpha value is -1.20. The molecule has 0 aliphatic heterocycles. The maximum absolute atomic E-state index is 11.7. The molecule has 0 spiro atoms. The van der Waals surface area contributed by atoms with Gasteiger partial charge in [0.25, 0.3) is 0 Å². The van der Waals surface area contributed by atoms with E-state index in [-0.39, 0.29) is 5.91 Å². The van der Waals surface area contributed by atoms with Crippen LogP contribution in [0.4, 0.5) is 11.4 Å². The van der Waals surface area contributed by atoms with Gasteiger partial charge in [-0.1, -0.05) is 6.07 Å². The predicted molar refractivity (Wildman–Crippen MR) is 78.0 cm³/mol. The van der Waals surface area contributed by atoms with E-state index < -0.39 is 0 Å². The lowest BCUT2D eigenvalue weighted by molar-refractivity contribution is -0.113. The molecular weight excluding hydrogens is 248 g/mol. The fourth-order valence-corrected chi connectivity index (χ4v) is 2.18. The second-order valence-electron chi connectivity index (χ2n) is 4.04. The van der Waals surface area contributed by atoms with Gasteiger partial charge in [0.15, 0.2) is 0 Å². The molecule has 18 heavy (non-hydrogen) atoms. The van der Waals surface area contributed by atoms with Gasteiger partial charge in [-0.25, -0.2) is 0 Å². The summed E-state index contributed by atoms with van der Waals surface area (Å²) in [5, 5.41) is 2.81. The number of thioether (sulfide) groups is 1. The Morgan fingerprint density at radius 2 is 2.28 bits per heavy atom. The summed E-state index contributed by atoms with van der Waals surface area (Å²) in [4.78, 5) is 11.7. The molecule has 1 aromatic carbocycles. The smallest absolute Gasteiger partial charge is 0.234 e. The van der Waals surface area contributed by atoms with Gasteiger partial charge in [0.2, 0.25) is 5.91 Å². The quantitative estimate of drug-likeness (QED) is 0.588. The molecule has 0 bridgehead atoms. The van der Waals surface area contributed by atoms with Gasteiger partial charge in [-0.05, 0) is 36.8 Å². The van der Waals surface area contributed by atoms with Crippen molar-refractivity contribution in [2.24, 2.45) is 0 Å². The highest BCUT2D eigenvalue weighted by molar-refractivity contribution is 7.99. The Morgan fingerprint density at radius 1 is 1.50 bits per heavy atom. The second kappa shape index (κ2) is 8.00. The topological polar surface area (TPSA) is 64.3 Å². The second-order valence-corrected chi connectivity index (χ2v) is 5.14. The first kappa shape index (κ1) is 14.9. The zero-order valence-corrected chi connectivity index (χ0v) is 11.7. The molecule has 0 saturated heterocycles. The van der Waals surface area contributed by atoms with Gasteiger partial charge in [-0.2, -0.15) is 11.8 Å². The average Bonchev–Trinajstić information content (AvgIpc) is 2.32. The number of hydrogen-bond acceptors (Lipinski definition) is 4. The van der Waals surface area contributed by atoms with Gasteiger partial charge < -0.3 is 15.8 Å². The monoisotopic (exact) mass is 268 g/mol. The van der Waals surface area contributed by atoms with Crippen LogP contribution in [0.1, 0.15) is 12.0 Å². The summed E-state index contributed by atoms with van der Waals surface area (Å²) in [6.45, 7) is 2.70. The van der Waals surface area contributed by atoms with Crippen LogP contribution in [0.2, 0.25) is 0 Å². The van der Waals surface area contributed by atoms with Crippen molar-refractivity contribution in [3.05, 3.63) is 23.8 Å². The molecule has 0 radical (unpaired) electrons. The Balaban J connectivity index is 2.31. The van der Waals surface area contributed by atoms with Crippen molar-refractivity contribution >= 4 is 29.0 Å². The van der Waals surface area contributed by atoms with Gasteiger partial charge in [-0.3, -0.25) is 4.79 Å². The van der Waals surface area contributed by atoms with E-state index in [4.69, 9.17) is 10.5 Å². The maximum Gasteiger partial charge on any atom is 0.234 e. The molecule has 1 amide bonds. The van der Waals surface area contributed by atoms with Crippen molar-refractivity contribution in [2.45, 2.75) is 13.3 Å². The van der Waals surface area contributed by atoms with Crippen molar-refractivity contribution in [1.82, 2.24) is 0 Å². The zero-order chi connectivity index (χ0) is 13.4. The first-order chi connectivity index (χ1) is 8.63. The number of carbonyl (C=O) groups excluding carboxylic acids is 1. The summed E-state index contributed by atoms with van der Waals surface area (Å²) < 4.78 is 4.94. The molecule has 0 fully saturated rings. The number of hydrogen-bond donors (Lipinski definition) is 2. The van der Waals surface area contributed by atoms with Crippen LogP contribution in [0, 0.1) is 6.92 Å². The summed E-state index contributed by atoms with van der Waals surface area (Å²) in [7, 11) is 1.68. The lowest BCUT2D eigenvalue weighted by atomic mass is 10.2. The Morgan fingerprint density at radius 3 is 2.94 bits per heavy atom. The highest BCUT2D eigenvalue weighted by Gasteiger charge is 2.05. The number of methoxy groups -OCH3 is 1. The average molecular weight is 268 g/mol. The van der Waals surface area contributed by atoms with Crippen LogP contribution in [0.25, 0.3) is 0 Å². The van der Waals surface area contributed by atoms with Crippen LogP contribution in [0.15, 0.2) is 18.2 Å². The van der Waals surface area contributed by atoms with Crippen LogP contribution in [0.5, 0.6) is 0 Å². The minimum atomic E-state index is -0.0204. The summed E-state index contributed by atoms with van der Waals surface area (Å²) >= 11 is 1.60. The molecule has 3 N–H and O–H groups in total. The molecule has 1 rings (SSSR count). The summed E-state index contributed by atoms with van der Waals surface area (Å²) in [6, 6.07) is 5.61.